The first kappa shape index (κ1) is 13.7. The number of carboxylic acids is 1. The van der Waals surface area contributed by atoms with E-state index >= 15 is 0 Å². The molecule has 9 heteroatoms. The zero-order valence-corrected chi connectivity index (χ0v) is 11.2. The van der Waals surface area contributed by atoms with Crippen molar-refractivity contribution in [1.82, 2.24) is 20.2 Å². The van der Waals surface area contributed by atoms with E-state index in [4.69, 9.17) is 10.1 Å². The minimum Gasteiger partial charge on any atom is -0.478 e. The average Bonchev–Trinajstić information content (AvgIpc) is 3.18. The Kier molecular flexibility index (Phi) is 3.27. The van der Waals surface area contributed by atoms with E-state index in [0.717, 1.165) is 0 Å². The third kappa shape index (κ3) is 2.37. The summed E-state index contributed by atoms with van der Waals surface area (Å²) < 4.78 is 1.28. The lowest BCUT2D eigenvalue weighted by molar-refractivity contribution is -0.164. The van der Waals surface area contributed by atoms with Crippen LogP contribution in [0.1, 0.15) is 17.5 Å². The largest absolute Gasteiger partial charge is 0.478 e. The van der Waals surface area contributed by atoms with Crippen LogP contribution in [0.5, 0.6) is 0 Å². The summed E-state index contributed by atoms with van der Waals surface area (Å²) in [5.74, 6) is -1.15. The zero-order chi connectivity index (χ0) is 15.6. The molecule has 0 unspecified atom stereocenters. The molecular weight excluding hydrogens is 288 g/mol. The minimum atomic E-state index is -1.56. The third-order valence-electron chi connectivity index (χ3n) is 3.31. The molecule has 3 rings (SSSR count). The van der Waals surface area contributed by atoms with Crippen molar-refractivity contribution in [2.75, 3.05) is 0 Å². The molecule has 1 aromatic carbocycles. The normalized spacial score (nSPS) is 20.0. The van der Waals surface area contributed by atoms with E-state index in [0.29, 0.717) is 16.8 Å². The Labute approximate surface area is 124 Å². The van der Waals surface area contributed by atoms with Gasteiger partial charge >= 0.3 is 5.97 Å². The van der Waals surface area contributed by atoms with Crippen molar-refractivity contribution >= 4 is 11.7 Å². The maximum absolute atomic E-state index is 11.6. The molecule has 22 heavy (non-hydrogen) atoms. The van der Waals surface area contributed by atoms with Gasteiger partial charge in [-0.25, -0.2) is 9.48 Å². The fourth-order valence-electron chi connectivity index (χ4n) is 2.18. The van der Waals surface area contributed by atoms with E-state index in [-0.39, 0.29) is 13.0 Å². The molecule has 0 fully saturated rings. The number of aromatic nitrogens is 4. The number of carbonyl (C=O) groups is 1. The van der Waals surface area contributed by atoms with E-state index in [1.165, 1.54) is 11.0 Å². The molecule has 0 radical (unpaired) electrons. The predicted octanol–water partition coefficient (Wildman–Crippen LogP) is 0.193. The van der Waals surface area contributed by atoms with Gasteiger partial charge in [0, 0.05) is 12.0 Å². The highest BCUT2D eigenvalue weighted by molar-refractivity contribution is 6.04. The van der Waals surface area contributed by atoms with Crippen LogP contribution in [0.15, 0.2) is 35.7 Å². The fourth-order valence-corrected chi connectivity index (χ4v) is 2.18. The van der Waals surface area contributed by atoms with E-state index in [9.17, 15) is 9.90 Å². The van der Waals surface area contributed by atoms with Gasteiger partial charge in [0.15, 0.2) is 0 Å². The van der Waals surface area contributed by atoms with Crippen LogP contribution in [0.2, 0.25) is 0 Å². The first-order valence-electron chi connectivity index (χ1n) is 6.33. The monoisotopic (exact) mass is 298 g/mol. The molecule has 0 spiro atoms. The van der Waals surface area contributed by atoms with Gasteiger partial charge in [-0.15, -0.1) is 5.10 Å². The van der Waals surface area contributed by atoms with Crippen molar-refractivity contribution in [3.05, 3.63) is 41.7 Å². The van der Waals surface area contributed by atoms with Crippen LogP contribution >= 0.6 is 0 Å². The number of rotatable bonds is 4. The molecule has 2 heterocycles. The maximum Gasteiger partial charge on any atom is 0.353 e. The average molecular weight is 298 g/mol. The van der Waals surface area contributed by atoms with Gasteiger partial charge in [-0.05, 0) is 22.6 Å². The van der Waals surface area contributed by atoms with Crippen molar-refractivity contribution in [1.29, 1.82) is 5.26 Å². The van der Waals surface area contributed by atoms with Gasteiger partial charge in [-0.2, -0.15) is 5.26 Å². The van der Waals surface area contributed by atoms with Crippen LogP contribution in [-0.4, -0.2) is 42.6 Å². The number of hydrogen-bond donors (Lipinski definition) is 1. The van der Waals surface area contributed by atoms with Crippen molar-refractivity contribution < 1.29 is 14.7 Å². The van der Waals surface area contributed by atoms with E-state index < -0.39 is 11.6 Å². The summed E-state index contributed by atoms with van der Waals surface area (Å²) in [6.07, 6.45) is 1.36. The number of aliphatic carboxylic acids is 1. The van der Waals surface area contributed by atoms with Crippen LogP contribution in [0, 0.1) is 11.3 Å². The summed E-state index contributed by atoms with van der Waals surface area (Å²) in [6.45, 7) is -0.0692. The Balaban J connectivity index is 1.86. The standard InChI is InChI=1S/C13H10N6O3/c14-6-9-2-1-3-10(4-9)11-5-13(12(20)21,22-16-11)7-19-8-15-17-18-19/h1-4,8H,5,7H2,(H,20,21)/t13-/m1/s1. The second-order valence-corrected chi connectivity index (χ2v) is 4.81. The van der Waals surface area contributed by atoms with Crippen LogP contribution in [0.25, 0.3) is 0 Å². The van der Waals surface area contributed by atoms with Crippen molar-refractivity contribution in [2.24, 2.45) is 5.16 Å². The molecule has 0 aliphatic carbocycles. The molecule has 0 bridgehead atoms. The highest BCUT2D eigenvalue weighted by Crippen LogP contribution is 2.29. The van der Waals surface area contributed by atoms with Crippen molar-refractivity contribution in [3.63, 3.8) is 0 Å². The molecule has 110 valence electrons. The van der Waals surface area contributed by atoms with Crippen LogP contribution in [0.4, 0.5) is 0 Å². The second-order valence-electron chi connectivity index (χ2n) is 4.81. The van der Waals surface area contributed by atoms with Gasteiger partial charge in [0.1, 0.15) is 6.33 Å². The van der Waals surface area contributed by atoms with E-state index in [2.05, 4.69) is 20.7 Å². The highest BCUT2D eigenvalue weighted by Gasteiger charge is 2.48. The Hall–Kier alpha value is -3.28. The van der Waals surface area contributed by atoms with Gasteiger partial charge in [0.2, 0.25) is 0 Å². The lowest BCUT2D eigenvalue weighted by Crippen LogP contribution is -2.43. The minimum absolute atomic E-state index is 0.0527. The molecular formula is C13H10N6O3. The molecule has 2 aromatic rings. The van der Waals surface area contributed by atoms with Gasteiger partial charge in [0.25, 0.3) is 5.60 Å². The Morgan fingerprint density at radius 2 is 2.41 bits per heavy atom. The number of nitriles is 1. The molecule has 0 amide bonds. The van der Waals surface area contributed by atoms with Crippen LogP contribution in [0.3, 0.4) is 0 Å². The van der Waals surface area contributed by atoms with Gasteiger partial charge in [0.05, 0.1) is 23.9 Å². The Bertz CT molecular complexity index is 779. The van der Waals surface area contributed by atoms with Crippen LogP contribution in [-0.2, 0) is 16.2 Å². The van der Waals surface area contributed by atoms with Crippen LogP contribution < -0.4 is 0 Å². The summed E-state index contributed by atoms with van der Waals surface area (Å²) in [7, 11) is 0. The molecule has 9 nitrogen and oxygen atoms in total. The van der Waals surface area contributed by atoms with E-state index in [1.807, 2.05) is 6.07 Å². The van der Waals surface area contributed by atoms with E-state index in [1.54, 1.807) is 24.3 Å². The zero-order valence-electron chi connectivity index (χ0n) is 11.2. The number of nitrogens with zero attached hydrogens (tertiary/aromatic N) is 6. The topological polar surface area (TPSA) is 126 Å². The Morgan fingerprint density at radius 1 is 1.55 bits per heavy atom. The van der Waals surface area contributed by atoms with Gasteiger partial charge in [-0.1, -0.05) is 17.3 Å². The first-order chi connectivity index (χ1) is 10.6. The quantitative estimate of drug-likeness (QED) is 0.853. The maximum atomic E-state index is 11.6. The van der Waals surface area contributed by atoms with Crippen molar-refractivity contribution in [3.8, 4) is 6.07 Å². The summed E-state index contributed by atoms with van der Waals surface area (Å²) in [6, 6.07) is 8.78. The lowest BCUT2D eigenvalue weighted by atomic mass is 9.93. The summed E-state index contributed by atoms with van der Waals surface area (Å²) in [4.78, 5) is 16.8. The smallest absolute Gasteiger partial charge is 0.353 e. The number of benzene rings is 1. The number of carboxylic acid groups (broad SMARTS) is 1. The Morgan fingerprint density at radius 3 is 3.09 bits per heavy atom. The molecule has 1 atom stereocenters. The molecule has 1 aliphatic rings. The molecule has 0 saturated heterocycles. The first-order valence-corrected chi connectivity index (χ1v) is 6.33. The molecule has 1 aromatic heterocycles. The number of hydrogen-bond acceptors (Lipinski definition) is 7. The number of oxime groups is 1. The lowest BCUT2D eigenvalue weighted by Gasteiger charge is -2.20. The second kappa shape index (κ2) is 5.25. The third-order valence-corrected chi connectivity index (χ3v) is 3.31. The summed E-state index contributed by atoms with van der Waals surface area (Å²) in [5, 5.41) is 32.9. The van der Waals surface area contributed by atoms with Crippen molar-refractivity contribution in [2.45, 2.75) is 18.6 Å². The predicted molar refractivity (Wildman–Crippen MR) is 71.6 cm³/mol. The fraction of sp³-hybridized carbons (Fsp3) is 0.231. The summed E-state index contributed by atoms with van der Waals surface area (Å²) in [5.41, 5.74) is 0.0212. The van der Waals surface area contributed by atoms with Gasteiger partial charge in [-0.3, -0.25) is 0 Å². The summed E-state index contributed by atoms with van der Waals surface area (Å²) >= 11 is 0. The molecule has 1 N–H and O–H groups in total. The highest BCUT2D eigenvalue weighted by atomic mass is 16.7. The SMILES string of the molecule is N#Cc1cccc(C2=NO[C@](Cn3cnnn3)(C(=O)O)C2)c1. The molecule has 1 aliphatic heterocycles. The van der Waals surface area contributed by atoms with Gasteiger partial charge < -0.3 is 9.94 Å². The number of tetrazole rings is 1. The molecule has 0 saturated carbocycles.